The zero-order valence-corrected chi connectivity index (χ0v) is 15.1. The highest BCUT2D eigenvalue weighted by molar-refractivity contribution is 7.14. The zero-order chi connectivity index (χ0) is 16.4. The Morgan fingerprint density at radius 1 is 1.39 bits per heavy atom. The van der Waals surface area contributed by atoms with Crippen LogP contribution < -0.4 is 0 Å². The highest BCUT2D eigenvalue weighted by Crippen LogP contribution is 2.32. The topological polar surface area (TPSA) is 43.8 Å². The summed E-state index contributed by atoms with van der Waals surface area (Å²) < 4.78 is 0. The molecule has 0 aromatic carbocycles. The molecule has 23 heavy (non-hydrogen) atoms. The van der Waals surface area contributed by atoms with E-state index in [-0.39, 0.29) is 18.6 Å². The molecule has 1 aliphatic carbocycles. The fourth-order valence-electron chi connectivity index (χ4n) is 3.76. The molecule has 1 amide bonds. The number of aliphatic hydroxyl groups excluding tert-OH is 1. The maximum atomic E-state index is 12.8. The normalized spacial score (nSPS) is 23.6. The smallest absolute Gasteiger partial charge is 0.264 e. The number of aryl methyl sites for hydroxylation is 1. The van der Waals surface area contributed by atoms with Crippen LogP contribution in [0, 0.1) is 5.92 Å². The monoisotopic (exact) mass is 336 g/mol. The molecule has 0 spiro atoms. The van der Waals surface area contributed by atoms with Crippen LogP contribution in [0.4, 0.5) is 0 Å². The number of hydrogen-bond acceptors (Lipinski definition) is 4. The van der Waals surface area contributed by atoms with E-state index in [1.807, 2.05) is 4.90 Å². The van der Waals surface area contributed by atoms with Gasteiger partial charge in [0.05, 0.1) is 11.5 Å². The van der Waals surface area contributed by atoms with Crippen molar-refractivity contribution in [3.63, 3.8) is 0 Å². The molecule has 2 aliphatic rings. The molecule has 3 rings (SSSR count). The third-order valence-corrected chi connectivity index (χ3v) is 6.56. The minimum Gasteiger partial charge on any atom is -0.395 e. The highest BCUT2D eigenvalue weighted by atomic mass is 32.1. The lowest BCUT2D eigenvalue weighted by atomic mass is 9.90. The first kappa shape index (κ1) is 16.9. The molecule has 1 N–H and O–H groups in total. The number of piperazine rings is 1. The molecular formula is C18H28N2O2S. The molecule has 4 nitrogen and oxygen atoms in total. The van der Waals surface area contributed by atoms with Gasteiger partial charge in [0.2, 0.25) is 0 Å². The quantitative estimate of drug-likeness (QED) is 0.918. The van der Waals surface area contributed by atoms with E-state index >= 15 is 0 Å². The van der Waals surface area contributed by atoms with Gasteiger partial charge in [-0.25, -0.2) is 0 Å². The van der Waals surface area contributed by atoms with Crippen LogP contribution in [0.3, 0.4) is 0 Å². The van der Waals surface area contributed by atoms with Gasteiger partial charge in [-0.15, -0.1) is 11.3 Å². The van der Waals surface area contributed by atoms with Gasteiger partial charge in [0.25, 0.3) is 5.91 Å². The Morgan fingerprint density at radius 3 is 2.78 bits per heavy atom. The van der Waals surface area contributed by atoms with Crippen molar-refractivity contribution < 1.29 is 9.90 Å². The van der Waals surface area contributed by atoms with E-state index in [0.29, 0.717) is 0 Å². The van der Waals surface area contributed by atoms with Crippen molar-refractivity contribution >= 4 is 17.2 Å². The zero-order valence-electron chi connectivity index (χ0n) is 14.3. The summed E-state index contributed by atoms with van der Waals surface area (Å²) in [6.45, 7) is 7.89. The van der Waals surface area contributed by atoms with Crippen LogP contribution in [0.15, 0.2) is 6.07 Å². The van der Waals surface area contributed by atoms with E-state index in [0.717, 1.165) is 56.2 Å². The average molecular weight is 337 g/mol. The van der Waals surface area contributed by atoms with Gasteiger partial charge >= 0.3 is 0 Å². The van der Waals surface area contributed by atoms with E-state index in [2.05, 4.69) is 24.8 Å². The van der Waals surface area contributed by atoms with Crippen LogP contribution in [0.1, 0.15) is 46.8 Å². The van der Waals surface area contributed by atoms with Crippen molar-refractivity contribution in [3.05, 3.63) is 21.4 Å². The SMILES string of the molecule is CCC(CO)N1CCN(C(=O)c2cc3c(s2)CCC(C)C3)CC1. The first-order valence-corrected chi connectivity index (χ1v) is 9.69. The molecule has 1 aliphatic heterocycles. The number of thiophene rings is 1. The van der Waals surface area contributed by atoms with Gasteiger partial charge in [0, 0.05) is 37.1 Å². The van der Waals surface area contributed by atoms with E-state index in [1.165, 1.54) is 16.9 Å². The number of aliphatic hydroxyl groups is 1. The van der Waals surface area contributed by atoms with Crippen molar-refractivity contribution in [2.75, 3.05) is 32.8 Å². The van der Waals surface area contributed by atoms with Gasteiger partial charge in [0.15, 0.2) is 0 Å². The standard InChI is InChI=1S/C18H28N2O2S/c1-3-15(12-21)19-6-8-20(9-7-19)18(22)17-11-14-10-13(2)4-5-16(14)23-17/h11,13,15,21H,3-10,12H2,1-2H3. The van der Waals surface area contributed by atoms with Crippen molar-refractivity contribution in [1.82, 2.24) is 9.80 Å². The van der Waals surface area contributed by atoms with Crippen LogP contribution in [-0.4, -0.2) is 59.6 Å². The number of carbonyl (C=O) groups is 1. The molecule has 1 fully saturated rings. The molecule has 1 saturated heterocycles. The Hall–Kier alpha value is -0.910. The third-order valence-electron chi connectivity index (χ3n) is 5.34. The molecule has 0 saturated carbocycles. The van der Waals surface area contributed by atoms with Crippen LogP contribution in [0.25, 0.3) is 0 Å². The van der Waals surface area contributed by atoms with Gasteiger partial charge in [-0.05, 0) is 43.2 Å². The molecule has 5 heteroatoms. The van der Waals surface area contributed by atoms with Gasteiger partial charge in [-0.3, -0.25) is 9.69 Å². The van der Waals surface area contributed by atoms with Crippen molar-refractivity contribution in [3.8, 4) is 0 Å². The molecular weight excluding hydrogens is 308 g/mol. The summed E-state index contributed by atoms with van der Waals surface area (Å²) in [7, 11) is 0. The second kappa shape index (κ2) is 7.32. The lowest BCUT2D eigenvalue weighted by Crippen LogP contribution is -2.52. The van der Waals surface area contributed by atoms with E-state index in [9.17, 15) is 9.90 Å². The summed E-state index contributed by atoms with van der Waals surface area (Å²) in [6, 6.07) is 2.38. The summed E-state index contributed by atoms with van der Waals surface area (Å²) in [6.07, 6.45) is 4.47. The minimum absolute atomic E-state index is 0.203. The molecule has 2 heterocycles. The summed E-state index contributed by atoms with van der Waals surface area (Å²) in [5.74, 6) is 0.946. The molecule has 0 radical (unpaired) electrons. The van der Waals surface area contributed by atoms with Crippen LogP contribution in [-0.2, 0) is 12.8 Å². The predicted octanol–water partition coefficient (Wildman–Crippen LogP) is 2.40. The average Bonchev–Trinajstić information content (AvgIpc) is 2.99. The van der Waals surface area contributed by atoms with Crippen LogP contribution in [0.5, 0.6) is 0 Å². The number of fused-ring (bicyclic) bond motifs is 1. The Morgan fingerprint density at radius 2 is 2.13 bits per heavy atom. The number of nitrogens with zero attached hydrogens (tertiary/aromatic N) is 2. The third kappa shape index (κ3) is 3.62. The first-order valence-electron chi connectivity index (χ1n) is 8.88. The molecule has 1 aromatic rings. The highest BCUT2D eigenvalue weighted by Gasteiger charge is 2.27. The number of rotatable bonds is 4. The van der Waals surface area contributed by atoms with E-state index in [4.69, 9.17) is 0 Å². The second-order valence-corrected chi connectivity index (χ2v) is 8.12. The fourth-order valence-corrected chi connectivity index (χ4v) is 4.94. The largest absolute Gasteiger partial charge is 0.395 e. The Kier molecular flexibility index (Phi) is 5.39. The Labute approximate surface area is 143 Å². The summed E-state index contributed by atoms with van der Waals surface area (Å²) in [5.41, 5.74) is 1.40. The Balaban J connectivity index is 1.62. The summed E-state index contributed by atoms with van der Waals surface area (Å²) in [4.78, 5) is 19.4. The minimum atomic E-state index is 0.203. The number of amides is 1. The molecule has 2 atom stereocenters. The predicted molar refractivity (Wildman–Crippen MR) is 94.1 cm³/mol. The van der Waals surface area contributed by atoms with Crippen LogP contribution in [0.2, 0.25) is 0 Å². The maximum absolute atomic E-state index is 12.8. The van der Waals surface area contributed by atoms with Gasteiger partial charge in [-0.1, -0.05) is 13.8 Å². The van der Waals surface area contributed by atoms with Crippen molar-refractivity contribution in [1.29, 1.82) is 0 Å². The molecule has 0 bridgehead atoms. The van der Waals surface area contributed by atoms with Gasteiger partial charge in [-0.2, -0.15) is 0 Å². The fraction of sp³-hybridized carbons (Fsp3) is 0.722. The number of hydrogen-bond donors (Lipinski definition) is 1. The lowest BCUT2D eigenvalue weighted by Gasteiger charge is -2.38. The molecule has 2 unspecified atom stereocenters. The number of carbonyl (C=O) groups excluding carboxylic acids is 1. The first-order chi connectivity index (χ1) is 11.1. The van der Waals surface area contributed by atoms with Crippen LogP contribution >= 0.6 is 11.3 Å². The van der Waals surface area contributed by atoms with Crippen molar-refractivity contribution in [2.45, 2.75) is 45.6 Å². The van der Waals surface area contributed by atoms with Crippen molar-refractivity contribution in [2.24, 2.45) is 5.92 Å². The Bertz CT molecular complexity index is 545. The summed E-state index contributed by atoms with van der Waals surface area (Å²) in [5, 5.41) is 9.43. The van der Waals surface area contributed by atoms with E-state index in [1.54, 1.807) is 11.3 Å². The maximum Gasteiger partial charge on any atom is 0.264 e. The second-order valence-electron chi connectivity index (χ2n) is 6.98. The lowest BCUT2D eigenvalue weighted by molar-refractivity contribution is 0.0476. The summed E-state index contributed by atoms with van der Waals surface area (Å²) >= 11 is 1.71. The van der Waals surface area contributed by atoms with E-state index < -0.39 is 0 Å². The molecule has 128 valence electrons. The van der Waals surface area contributed by atoms with Gasteiger partial charge in [0.1, 0.15) is 0 Å². The van der Waals surface area contributed by atoms with Gasteiger partial charge < -0.3 is 10.0 Å². The molecule has 1 aromatic heterocycles.